The molecular formula is C14H13ClN2O2. The SMILES string of the molecule is Cc1cc([N+](=O)[O-])ccc1NCc1ccc(Cl)cc1. The summed E-state index contributed by atoms with van der Waals surface area (Å²) in [5.74, 6) is 0. The van der Waals surface area contributed by atoms with Crippen molar-refractivity contribution in [1.82, 2.24) is 0 Å². The van der Waals surface area contributed by atoms with Crippen LogP contribution in [0.15, 0.2) is 42.5 Å². The normalized spacial score (nSPS) is 10.2. The fourth-order valence-electron chi connectivity index (χ4n) is 1.76. The topological polar surface area (TPSA) is 55.2 Å². The second-order valence-corrected chi connectivity index (χ2v) is 4.67. The molecule has 98 valence electrons. The van der Waals surface area contributed by atoms with Crippen molar-refractivity contribution in [2.24, 2.45) is 0 Å². The maximum atomic E-state index is 10.6. The van der Waals surface area contributed by atoms with E-state index in [4.69, 9.17) is 11.6 Å². The Morgan fingerprint density at radius 1 is 1.21 bits per heavy atom. The minimum absolute atomic E-state index is 0.106. The Bertz CT molecular complexity index is 597. The summed E-state index contributed by atoms with van der Waals surface area (Å²) in [5.41, 5.74) is 2.94. The molecule has 0 unspecified atom stereocenters. The number of nitro benzene ring substituents is 1. The van der Waals surface area contributed by atoms with Crippen LogP contribution in [-0.4, -0.2) is 4.92 Å². The van der Waals surface area contributed by atoms with Gasteiger partial charge in [0, 0.05) is 29.4 Å². The van der Waals surface area contributed by atoms with Crippen molar-refractivity contribution < 1.29 is 4.92 Å². The van der Waals surface area contributed by atoms with Crippen molar-refractivity contribution >= 4 is 23.0 Å². The quantitative estimate of drug-likeness (QED) is 0.673. The highest BCUT2D eigenvalue weighted by Gasteiger charge is 2.07. The summed E-state index contributed by atoms with van der Waals surface area (Å²) in [6, 6.07) is 12.3. The maximum absolute atomic E-state index is 10.6. The van der Waals surface area contributed by atoms with Gasteiger partial charge in [0.1, 0.15) is 0 Å². The van der Waals surface area contributed by atoms with Crippen LogP contribution >= 0.6 is 11.6 Å². The number of hydrogen-bond donors (Lipinski definition) is 1. The van der Waals surface area contributed by atoms with Crippen LogP contribution in [0, 0.1) is 17.0 Å². The summed E-state index contributed by atoms with van der Waals surface area (Å²) in [6.07, 6.45) is 0. The van der Waals surface area contributed by atoms with Crippen LogP contribution in [0.2, 0.25) is 5.02 Å². The number of hydrogen-bond acceptors (Lipinski definition) is 3. The van der Waals surface area contributed by atoms with Gasteiger partial charge in [-0.2, -0.15) is 0 Å². The first kappa shape index (κ1) is 13.4. The van der Waals surface area contributed by atoms with Gasteiger partial charge in [0.05, 0.1) is 4.92 Å². The van der Waals surface area contributed by atoms with Crippen molar-refractivity contribution in [1.29, 1.82) is 0 Å². The van der Waals surface area contributed by atoms with Gasteiger partial charge in [0.25, 0.3) is 5.69 Å². The molecule has 2 aromatic carbocycles. The monoisotopic (exact) mass is 276 g/mol. The predicted molar refractivity (Wildman–Crippen MR) is 76.6 cm³/mol. The van der Waals surface area contributed by atoms with Crippen LogP contribution in [0.3, 0.4) is 0 Å². The van der Waals surface area contributed by atoms with Crippen LogP contribution in [0.4, 0.5) is 11.4 Å². The highest BCUT2D eigenvalue weighted by molar-refractivity contribution is 6.30. The zero-order chi connectivity index (χ0) is 13.8. The lowest BCUT2D eigenvalue weighted by Crippen LogP contribution is -2.01. The molecule has 2 rings (SSSR count). The maximum Gasteiger partial charge on any atom is 0.269 e. The van der Waals surface area contributed by atoms with Crippen LogP contribution in [0.1, 0.15) is 11.1 Å². The fourth-order valence-corrected chi connectivity index (χ4v) is 1.89. The summed E-state index contributed by atoms with van der Waals surface area (Å²) >= 11 is 5.82. The second kappa shape index (κ2) is 5.71. The van der Waals surface area contributed by atoms with Crippen molar-refractivity contribution in [3.63, 3.8) is 0 Å². The van der Waals surface area contributed by atoms with E-state index >= 15 is 0 Å². The van der Waals surface area contributed by atoms with Crippen LogP contribution in [0.5, 0.6) is 0 Å². The van der Waals surface area contributed by atoms with E-state index in [-0.39, 0.29) is 5.69 Å². The molecule has 0 aliphatic carbocycles. The number of nitrogens with one attached hydrogen (secondary N) is 1. The number of nitro groups is 1. The lowest BCUT2D eigenvalue weighted by atomic mass is 10.1. The Labute approximate surface area is 116 Å². The van der Waals surface area contributed by atoms with E-state index in [0.717, 1.165) is 16.8 Å². The third-order valence-corrected chi connectivity index (χ3v) is 3.07. The molecule has 5 heteroatoms. The van der Waals surface area contributed by atoms with Gasteiger partial charge in [-0.1, -0.05) is 23.7 Å². The highest BCUT2D eigenvalue weighted by atomic mass is 35.5. The summed E-state index contributed by atoms with van der Waals surface area (Å²) in [7, 11) is 0. The van der Waals surface area contributed by atoms with Gasteiger partial charge in [-0.05, 0) is 36.2 Å². The molecule has 1 N–H and O–H groups in total. The predicted octanol–water partition coefficient (Wildman–Crippen LogP) is 4.17. The Morgan fingerprint density at radius 3 is 2.47 bits per heavy atom. The fraction of sp³-hybridized carbons (Fsp3) is 0.143. The number of aryl methyl sites for hydroxylation is 1. The zero-order valence-electron chi connectivity index (χ0n) is 10.4. The molecule has 0 aromatic heterocycles. The van der Waals surface area contributed by atoms with Crippen molar-refractivity contribution in [2.75, 3.05) is 5.32 Å². The lowest BCUT2D eigenvalue weighted by Gasteiger charge is -2.09. The molecule has 0 fully saturated rings. The van der Waals surface area contributed by atoms with Crippen molar-refractivity contribution in [3.05, 3.63) is 68.7 Å². The van der Waals surface area contributed by atoms with Gasteiger partial charge in [-0.25, -0.2) is 0 Å². The van der Waals surface area contributed by atoms with E-state index in [9.17, 15) is 10.1 Å². The first-order valence-corrected chi connectivity index (χ1v) is 6.17. The molecule has 0 radical (unpaired) electrons. The molecule has 2 aromatic rings. The van der Waals surface area contributed by atoms with E-state index in [0.29, 0.717) is 11.6 Å². The third-order valence-electron chi connectivity index (χ3n) is 2.82. The number of benzene rings is 2. The van der Waals surface area contributed by atoms with Gasteiger partial charge in [-0.15, -0.1) is 0 Å². The van der Waals surface area contributed by atoms with Crippen molar-refractivity contribution in [2.45, 2.75) is 13.5 Å². The molecule has 0 aliphatic heterocycles. The van der Waals surface area contributed by atoms with E-state index in [1.165, 1.54) is 6.07 Å². The Morgan fingerprint density at radius 2 is 1.89 bits per heavy atom. The number of nitrogens with zero attached hydrogens (tertiary/aromatic N) is 1. The number of non-ortho nitro benzene ring substituents is 1. The summed E-state index contributed by atoms with van der Waals surface area (Å²) in [5, 5.41) is 14.6. The number of anilines is 1. The van der Waals surface area contributed by atoms with Gasteiger partial charge in [0.2, 0.25) is 0 Å². The van der Waals surface area contributed by atoms with Crippen LogP contribution in [-0.2, 0) is 6.54 Å². The van der Waals surface area contributed by atoms with Crippen LogP contribution < -0.4 is 5.32 Å². The minimum Gasteiger partial charge on any atom is -0.381 e. The molecular weight excluding hydrogens is 264 g/mol. The molecule has 0 saturated heterocycles. The molecule has 0 amide bonds. The van der Waals surface area contributed by atoms with Crippen molar-refractivity contribution in [3.8, 4) is 0 Å². The summed E-state index contributed by atoms with van der Waals surface area (Å²) < 4.78 is 0. The second-order valence-electron chi connectivity index (χ2n) is 4.24. The third kappa shape index (κ3) is 3.45. The van der Waals surface area contributed by atoms with Gasteiger partial charge >= 0.3 is 0 Å². The molecule has 0 saturated carbocycles. The zero-order valence-corrected chi connectivity index (χ0v) is 11.1. The highest BCUT2D eigenvalue weighted by Crippen LogP contribution is 2.21. The first-order valence-electron chi connectivity index (χ1n) is 5.79. The lowest BCUT2D eigenvalue weighted by molar-refractivity contribution is -0.384. The Balaban J connectivity index is 2.07. The van der Waals surface area contributed by atoms with E-state index < -0.39 is 4.92 Å². The summed E-state index contributed by atoms with van der Waals surface area (Å²) in [6.45, 7) is 2.49. The smallest absolute Gasteiger partial charge is 0.269 e. The number of rotatable bonds is 4. The molecule has 0 spiro atoms. The van der Waals surface area contributed by atoms with Crippen LogP contribution in [0.25, 0.3) is 0 Å². The van der Waals surface area contributed by atoms with Gasteiger partial charge in [-0.3, -0.25) is 10.1 Å². The Kier molecular flexibility index (Phi) is 4.02. The molecule has 0 heterocycles. The average Bonchev–Trinajstić information content (AvgIpc) is 2.39. The molecule has 0 aliphatic rings. The number of halogens is 1. The molecule has 0 atom stereocenters. The average molecular weight is 277 g/mol. The standard InChI is InChI=1S/C14H13ClN2O2/c1-10-8-13(17(18)19)6-7-14(10)16-9-11-2-4-12(15)5-3-11/h2-8,16H,9H2,1H3. The molecule has 19 heavy (non-hydrogen) atoms. The van der Waals surface area contributed by atoms with E-state index in [2.05, 4.69) is 5.32 Å². The first-order chi connectivity index (χ1) is 9.06. The van der Waals surface area contributed by atoms with Gasteiger partial charge < -0.3 is 5.32 Å². The minimum atomic E-state index is -0.393. The van der Waals surface area contributed by atoms with Gasteiger partial charge in [0.15, 0.2) is 0 Å². The van der Waals surface area contributed by atoms with E-state index in [1.807, 2.05) is 31.2 Å². The van der Waals surface area contributed by atoms with E-state index in [1.54, 1.807) is 12.1 Å². The molecule has 4 nitrogen and oxygen atoms in total. The Hall–Kier alpha value is -2.07. The molecule has 0 bridgehead atoms. The summed E-state index contributed by atoms with van der Waals surface area (Å²) in [4.78, 5) is 10.3. The largest absolute Gasteiger partial charge is 0.381 e.